The Morgan fingerprint density at radius 2 is 0.267 bits per heavy atom. The zero-order chi connectivity index (χ0) is 25.0. The van der Waals surface area contributed by atoms with Gasteiger partial charge >= 0.3 is 83.5 Å². The minimum absolute atomic E-state index is 0. The van der Waals surface area contributed by atoms with E-state index in [-0.39, 0.29) is 83.5 Å². The van der Waals surface area contributed by atoms with Crippen molar-refractivity contribution in [3.05, 3.63) is 107 Å². The van der Waals surface area contributed by atoms with Crippen LogP contribution in [0.15, 0.2) is 0 Å². The molecule has 0 atom stereocenters. The van der Waals surface area contributed by atoms with Crippen molar-refractivity contribution in [1.29, 1.82) is 0 Å². The number of hydrogen-bond acceptors (Lipinski definition) is 21. The van der Waals surface area contributed by atoms with E-state index in [0.717, 1.165) is 0 Å². The van der Waals surface area contributed by atoms with Crippen molar-refractivity contribution in [1.82, 2.24) is 0 Å². The minimum atomic E-state index is -1.75. The summed E-state index contributed by atoms with van der Waals surface area (Å²) >= 11 is 0. The van der Waals surface area contributed by atoms with E-state index in [2.05, 4.69) is 0 Å². The molecule has 0 aliphatic carbocycles. The van der Waals surface area contributed by atoms with Crippen LogP contribution in [0.25, 0.3) is 0 Å². The first-order valence-corrected chi connectivity index (χ1v) is 3.83. The van der Waals surface area contributed by atoms with Gasteiger partial charge in [0.2, 0.25) is 0 Å². The summed E-state index contributed by atoms with van der Waals surface area (Å²) in [5.74, 6) is 0. The quantitative estimate of drug-likeness (QED) is 0.200. The summed E-state index contributed by atoms with van der Waals surface area (Å²) in [5.41, 5.74) is 0. The van der Waals surface area contributed by atoms with E-state index in [9.17, 15) is 0 Å². The monoisotopic (exact) mass is 714 g/mol. The molecule has 0 N–H and O–H groups in total. The van der Waals surface area contributed by atoms with Gasteiger partial charge in [0.15, 0.2) is 0 Å². The SMILES string of the molecule is O=[N+]([O-])[O-].O=[N+]([O-])[O-].O=[N+]([O-])[O-].O=[N+]([O-])[O-].O=[N+]([O-])[O-].O=[N+]([O-])[O-].O=[N+]([O-])[O-].[Ce+3].[Ce+4]. The molecule has 0 aromatic heterocycles. The zero-order valence-corrected chi connectivity index (χ0v) is 19.0. The van der Waals surface area contributed by atoms with E-state index in [1.54, 1.807) is 0 Å². The van der Waals surface area contributed by atoms with Gasteiger partial charge in [-0.25, -0.2) is 0 Å². The Balaban J connectivity index is -0.0000000242. The van der Waals surface area contributed by atoms with Crippen LogP contribution in [0.5, 0.6) is 0 Å². The summed E-state index contributed by atoms with van der Waals surface area (Å²) in [6, 6.07) is 0. The molecule has 30 heteroatoms. The standard InChI is InChI=1S/2Ce.7NO3/c;;7*2-1(3)4/q+3;+4;7*-1. The third kappa shape index (κ3) is 1810. The van der Waals surface area contributed by atoms with E-state index in [1.807, 2.05) is 0 Å². The Morgan fingerprint density at radius 1 is 0.267 bits per heavy atom. The molecule has 0 heterocycles. The van der Waals surface area contributed by atoms with Crippen LogP contribution in [0.2, 0.25) is 0 Å². The summed E-state index contributed by atoms with van der Waals surface area (Å²) < 4.78 is 0. The Kier molecular flexibility index (Phi) is 94.3. The third-order valence-electron chi connectivity index (χ3n) is 0. The summed E-state index contributed by atoms with van der Waals surface area (Å²) in [6.07, 6.45) is 0. The first kappa shape index (κ1) is 56.4. The topological polar surface area (TPSA) is 463 Å². The largest absolute Gasteiger partial charge is 4.00 e. The predicted octanol–water partition coefficient (Wildman–Crippen LogP) is -1.67. The van der Waals surface area contributed by atoms with Crippen molar-refractivity contribution in [3.63, 3.8) is 0 Å². The van der Waals surface area contributed by atoms with Crippen molar-refractivity contribution in [2.75, 3.05) is 0 Å². The first-order valence-electron chi connectivity index (χ1n) is 3.83. The van der Waals surface area contributed by atoms with Crippen LogP contribution in [0.3, 0.4) is 0 Å². The average molecular weight is 714 g/mol. The maximum Gasteiger partial charge on any atom is 4.00 e. The number of rotatable bonds is 0. The molecule has 0 spiro atoms. The van der Waals surface area contributed by atoms with Gasteiger partial charge in [-0.05, 0) is 0 Å². The van der Waals surface area contributed by atoms with Gasteiger partial charge < -0.3 is 107 Å². The molecule has 0 rings (SSSR count). The smallest absolute Gasteiger partial charge is 0.356 e. The summed E-state index contributed by atoms with van der Waals surface area (Å²) in [5, 5.41) is 103. The fraction of sp³-hybridized carbons (Fsp3) is 0. The zero-order valence-electron chi connectivity index (χ0n) is 12.7. The third-order valence-corrected chi connectivity index (χ3v) is 0. The van der Waals surface area contributed by atoms with Crippen molar-refractivity contribution in [3.8, 4) is 0 Å². The molecular weight excluding hydrogens is 714 g/mol. The van der Waals surface area contributed by atoms with Crippen LogP contribution in [-0.2, 0) is 0 Å². The molecule has 0 unspecified atom stereocenters. The van der Waals surface area contributed by atoms with Crippen LogP contribution < -0.4 is 0 Å². The molecule has 1 radical (unpaired) electrons. The number of nitrogens with zero attached hydrogens (tertiary/aromatic N) is 7. The molecule has 0 amide bonds. The Hall–Kier alpha value is -2.85. The molecule has 0 aromatic rings. The van der Waals surface area contributed by atoms with Crippen molar-refractivity contribution in [2.24, 2.45) is 0 Å². The predicted molar refractivity (Wildman–Crippen MR) is 72.5 cm³/mol. The first-order chi connectivity index (χ1) is 12.1. The molecule has 0 aliphatic rings. The van der Waals surface area contributed by atoms with E-state index in [4.69, 9.17) is 107 Å². The van der Waals surface area contributed by atoms with E-state index in [1.165, 1.54) is 0 Å². The van der Waals surface area contributed by atoms with Crippen LogP contribution in [0, 0.1) is 191 Å². The Labute approximate surface area is 224 Å². The van der Waals surface area contributed by atoms with Crippen molar-refractivity contribution >= 4 is 0 Å². The fourth-order valence-electron chi connectivity index (χ4n) is 0. The molecular formula is Ce2N7O21. The van der Waals surface area contributed by atoms with Gasteiger partial charge in [-0.3, -0.25) is 0 Å². The van der Waals surface area contributed by atoms with Crippen LogP contribution >= 0.6 is 0 Å². The van der Waals surface area contributed by atoms with Gasteiger partial charge in [-0.15, -0.1) is 0 Å². The maximum absolute atomic E-state index is 8.25. The van der Waals surface area contributed by atoms with Crippen molar-refractivity contribution in [2.45, 2.75) is 0 Å². The van der Waals surface area contributed by atoms with Gasteiger partial charge in [-0.2, -0.15) is 0 Å². The second-order valence-corrected chi connectivity index (χ2v) is 1.57. The van der Waals surface area contributed by atoms with Gasteiger partial charge in [0.25, 0.3) is 0 Å². The second-order valence-electron chi connectivity index (χ2n) is 1.57. The fourth-order valence-corrected chi connectivity index (χ4v) is 0. The van der Waals surface area contributed by atoms with Gasteiger partial charge in [-0.1, -0.05) is 0 Å². The molecule has 0 aliphatic heterocycles. The molecule has 0 saturated carbocycles. The van der Waals surface area contributed by atoms with E-state index >= 15 is 0 Å². The molecule has 0 saturated heterocycles. The summed E-state index contributed by atoms with van der Waals surface area (Å²) in [6.45, 7) is 0. The van der Waals surface area contributed by atoms with Crippen LogP contribution in [0.4, 0.5) is 0 Å². The minimum Gasteiger partial charge on any atom is -0.356 e. The second kappa shape index (κ2) is 50.2. The Bertz CT molecular complexity index is 312. The molecule has 0 bridgehead atoms. The summed E-state index contributed by atoms with van der Waals surface area (Å²) in [7, 11) is 0. The maximum atomic E-state index is 8.25. The van der Waals surface area contributed by atoms with E-state index < -0.39 is 35.6 Å². The van der Waals surface area contributed by atoms with Gasteiger partial charge in [0.05, 0.1) is 35.6 Å². The average Bonchev–Trinajstić information content (AvgIpc) is 2.20. The van der Waals surface area contributed by atoms with Gasteiger partial charge in [0, 0.05) is 0 Å². The normalized spacial score (nSPS) is 5.60. The number of hydrogen-bond donors (Lipinski definition) is 0. The Morgan fingerprint density at radius 3 is 0.267 bits per heavy atom. The van der Waals surface area contributed by atoms with E-state index in [0.29, 0.717) is 0 Å². The van der Waals surface area contributed by atoms with Crippen molar-refractivity contribution < 1.29 is 119 Å². The molecule has 28 nitrogen and oxygen atoms in total. The molecule has 30 heavy (non-hydrogen) atoms. The van der Waals surface area contributed by atoms with Crippen LogP contribution in [0.1, 0.15) is 0 Å². The van der Waals surface area contributed by atoms with Gasteiger partial charge in [0.1, 0.15) is 0 Å². The summed E-state index contributed by atoms with van der Waals surface area (Å²) in [4.78, 5) is 57.8. The van der Waals surface area contributed by atoms with Crippen LogP contribution in [-0.4, -0.2) is 35.6 Å². The molecule has 169 valence electrons. The molecule has 0 aromatic carbocycles. The molecule has 0 fully saturated rings.